The molecule has 5 nitrogen and oxygen atoms in total. The Hall–Kier alpha value is -1.95. The molecule has 1 aromatic carbocycles. The number of aromatic nitrogens is 1. The van der Waals surface area contributed by atoms with Crippen molar-refractivity contribution < 1.29 is 9.59 Å². The van der Waals surface area contributed by atoms with Crippen LogP contribution >= 0.6 is 11.3 Å². The Bertz CT molecular complexity index is 651. The molecule has 0 radical (unpaired) electrons. The number of anilines is 2. The summed E-state index contributed by atoms with van der Waals surface area (Å²) in [6.45, 7) is 5.33. The second-order valence-electron chi connectivity index (χ2n) is 4.68. The van der Waals surface area contributed by atoms with Gasteiger partial charge in [0.1, 0.15) is 0 Å². The molecule has 0 spiro atoms. The standard InChI is InChI=1S/C14H17N3O2S/c1-4-8(2)13(19)17-14-16-11-6-5-10(15-9(3)18)7-12(11)20-14/h5-8H,4H2,1-3H3,(H,15,18)(H,16,17,19). The topological polar surface area (TPSA) is 71.1 Å². The van der Waals surface area contributed by atoms with Gasteiger partial charge in [-0.05, 0) is 24.6 Å². The molecule has 0 saturated carbocycles. The third-order valence-corrected chi connectivity index (χ3v) is 3.93. The zero-order chi connectivity index (χ0) is 14.7. The molecule has 0 bridgehead atoms. The van der Waals surface area contributed by atoms with Crippen molar-refractivity contribution in [2.45, 2.75) is 27.2 Å². The molecular formula is C14H17N3O2S. The van der Waals surface area contributed by atoms with Crippen LogP contribution in [0.3, 0.4) is 0 Å². The number of fused-ring (bicyclic) bond motifs is 1. The number of amides is 2. The van der Waals surface area contributed by atoms with E-state index in [4.69, 9.17) is 0 Å². The number of nitrogens with one attached hydrogen (secondary N) is 2. The summed E-state index contributed by atoms with van der Waals surface area (Å²) in [6, 6.07) is 5.48. The molecule has 2 rings (SSSR count). The Balaban J connectivity index is 2.20. The number of carbonyl (C=O) groups is 2. The number of nitrogens with zero attached hydrogens (tertiary/aromatic N) is 1. The second kappa shape index (κ2) is 6.00. The normalized spacial score (nSPS) is 12.2. The van der Waals surface area contributed by atoms with Gasteiger partial charge in [-0.3, -0.25) is 9.59 Å². The quantitative estimate of drug-likeness (QED) is 0.908. The van der Waals surface area contributed by atoms with Gasteiger partial charge in [0, 0.05) is 18.5 Å². The SMILES string of the molecule is CCC(C)C(=O)Nc1nc2ccc(NC(C)=O)cc2s1. The Morgan fingerprint density at radius 1 is 1.35 bits per heavy atom. The summed E-state index contributed by atoms with van der Waals surface area (Å²) >= 11 is 1.40. The lowest BCUT2D eigenvalue weighted by atomic mass is 10.1. The lowest BCUT2D eigenvalue weighted by molar-refractivity contribution is -0.119. The van der Waals surface area contributed by atoms with E-state index < -0.39 is 0 Å². The Morgan fingerprint density at radius 3 is 2.75 bits per heavy atom. The van der Waals surface area contributed by atoms with Crippen molar-refractivity contribution in [3.63, 3.8) is 0 Å². The summed E-state index contributed by atoms with van der Waals surface area (Å²) in [5, 5.41) is 6.14. The maximum atomic E-state index is 11.8. The molecule has 2 amide bonds. The van der Waals surface area contributed by atoms with E-state index in [2.05, 4.69) is 15.6 Å². The van der Waals surface area contributed by atoms with Gasteiger partial charge in [0.15, 0.2) is 5.13 Å². The summed E-state index contributed by atoms with van der Waals surface area (Å²) in [6.07, 6.45) is 0.795. The fraction of sp³-hybridized carbons (Fsp3) is 0.357. The van der Waals surface area contributed by atoms with Crippen LogP contribution in [0.4, 0.5) is 10.8 Å². The first-order valence-electron chi connectivity index (χ1n) is 6.48. The maximum absolute atomic E-state index is 11.8. The average Bonchev–Trinajstić information content (AvgIpc) is 2.78. The van der Waals surface area contributed by atoms with Crippen LogP contribution in [0.2, 0.25) is 0 Å². The van der Waals surface area contributed by atoms with Crippen molar-refractivity contribution in [3.05, 3.63) is 18.2 Å². The van der Waals surface area contributed by atoms with Crippen molar-refractivity contribution >= 4 is 44.2 Å². The Labute approximate surface area is 121 Å². The minimum Gasteiger partial charge on any atom is -0.326 e. The Kier molecular flexibility index (Phi) is 4.34. The van der Waals surface area contributed by atoms with Gasteiger partial charge in [-0.1, -0.05) is 25.2 Å². The van der Waals surface area contributed by atoms with Crippen molar-refractivity contribution in [1.29, 1.82) is 0 Å². The van der Waals surface area contributed by atoms with Gasteiger partial charge >= 0.3 is 0 Å². The fourth-order valence-electron chi connectivity index (χ4n) is 1.67. The third-order valence-electron chi connectivity index (χ3n) is 3.00. The van der Waals surface area contributed by atoms with Crippen molar-refractivity contribution in [2.24, 2.45) is 5.92 Å². The highest BCUT2D eigenvalue weighted by atomic mass is 32.1. The van der Waals surface area contributed by atoms with Gasteiger partial charge in [-0.25, -0.2) is 4.98 Å². The van der Waals surface area contributed by atoms with Crippen molar-refractivity contribution in [3.8, 4) is 0 Å². The number of benzene rings is 1. The van der Waals surface area contributed by atoms with Crippen LogP contribution in [-0.2, 0) is 9.59 Å². The highest BCUT2D eigenvalue weighted by Gasteiger charge is 2.13. The van der Waals surface area contributed by atoms with Gasteiger partial charge in [-0.2, -0.15) is 0 Å². The molecule has 2 N–H and O–H groups in total. The molecule has 106 valence electrons. The van der Waals surface area contributed by atoms with Crippen LogP contribution in [0.1, 0.15) is 27.2 Å². The van der Waals surface area contributed by atoms with E-state index in [1.54, 1.807) is 6.07 Å². The summed E-state index contributed by atoms with van der Waals surface area (Å²) < 4.78 is 0.927. The van der Waals surface area contributed by atoms with E-state index in [-0.39, 0.29) is 17.7 Å². The third kappa shape index (κ3) is 3.33. The zero-order valence-corrected chi connectivity index (χ0v) is 12.5. The molecular weight excluding hydrogens is 274 g/mol. The fourth-order valence-corrected chi connectivity index (χ4v) is 2.58. The Morgan fingerprint density at radius 2 is 2.10 bits per heavy atom. The van der Waals surface area contributed by atoms with Crippen LogP contribution in [-0.4, -0.2) is 16.8 Å². The number of carbonyl (C=O) groups excluding carboxylic acids is 2. The van der Waals surface area contributed by atoms with Crippen molar-refractivity contribution in [2.75, 3.05) is 10.6 Å². The van der Waals surface area contributed by atoms with Gasteiger partial charge in [0.25, 0.3) is 0 Å². The first-order chi connectivity index (χ1) is 9.49. The molecule has 1 atom stereocenters. The molecule has 6 heteroatoms. The number of rotatable bonds is 4. The monoisotopic (exact) mass is 291 g/mol. The highest BCUT2D eigenvalue weighted by molar-refractivity contribution is 7.22. The maximum Gasteiger partial charge on any atom is 0.228 e. The van der Waals surface area contributed by atoms with Crippen LogP contribution in [0.15, 0.2) is 18.2 Å². The van der Waals surface area contributed by atoms with E-state index in [9.17, 15) is 9.59 Å². The molecule has 0 aliphatic heterocycles. The summed E-state index contributed by atoms with van der Waals surface area (Å²) in [5.41, 5.74) is 1.54. The molecule has 1 aromatic heterocycles. The van der Waals surface area contributed by atoms with Gasteiger partial charge in [0.05, 0.1) is 10.2 Å². The molecule has 0 fully saturated rings. The zero-order valence-electron chi connectivity index (χ0n) is 11.7. The minimum atomic E-state index is -0.112. The summed E-state index contributed by atoms with van der Waals surface area (Å²) in [5.74, 6) is -0.162. The average molecular weight is 291 g/mol. The first-order valence-corrected chi connectivity index (χ1v) is 7.30. The van der Waals surface area contributed by atoms with Gasteiger partial charge in [-0.15, -0.1) is 0 Å². The predicted octanol–water partition coefficient (Wildman–Crippen LogP) is 3.24. The lowest BCUT2D eigenvalue weighted by Crippen LogP contribution is -2.19. The van der Waals surface area contributed by atoms with E-state index in [0.717, 1.165) is 22.3 Å². The van der Waals surface area contributed by atoms with E-state index in [1.165, 1.54) is 18.3 Å². The van der Waals surface area contributed by atoms with Gasteiger partial charge < -0.3 is 10.6 Å². The van der Waals surface area contributed by atoms with Crippen LogP contribution in [0.25, 0.3) is 10.2 Å². The first kappa shape index (κ1) is 14.5. The number of thiazole rings is 1. The minimum absolute atomic E-state index is 0.0198. The second-order valence-corrected chi connectivity index (χ2v) is 5.71. The summed E-state index contributed by atoms with van der Waals surface area (Å²) in [4.78, 5) is 27.2. The molecule has 0 aliphatic carbocycles. The molecule has 1 heterocycles. The van der Waals surface area contributed by atoms with Crippen LogP contribution in [0, 0.1) is 5.92 Å². The molecule has 2 aromatic rings. The van der Waals surface area contributed by atoms with Crippen LogP contribution in [0.5, 0.6) is 0 Å². The lowest BCUT2D eigenvalue weighted by Gasteiger charge is -2.06. The molecule has 0 aliphatic rings. The largest absolute Gasteiger partial charge is 0.326 e. The van der Waals surface area contributed by atoms with E-state index in [1.807, 2.05) is 26.0 Å². The van der Waals surface area contributed by atoms with Crippen molar-refractivity contribution in [1.82, 2.24) is 4.98 Å². The van der Waals surface area contributed by atoms with Gasteiger partial charge in [0.2, 0.25) is 11.8 Å². The summed E-state index contributed by atoms with van der Waals surface area (Å²) in [7, 11) is 0. The molecule has 0 saturated heterocycles. The highest BCUT2D eigenvalue weighted by Crippen LogP contribution is 2.28. The smallest absolute Gasteiger partial charge is 0.228 e. The van der Waals surface area contributed by atoms with Crippen LogP contribution < -0.4 is 10.6 Å². The molecule has 20 heavy (non-hydrogen) atoms. The number of hydrogen-bond acceptors (Lipinski definition) is 4. The predicted molar refractivity (Wildman–Crippen MR) is 82.0 cm³/mol. The van der Waals surface area contributed by atoms with E-state index >= 15 is 0 Å². The molecule has 1 unspecified atom stereocenters. The number of hydrogen-bond donors (Lipinski definition) is 2. The van der Waals surface area contributed by atoms with E-state index in [0.29, 0.717) is 5.13 Å².